The average molecular weight is 304 g/mol. The van der Waals surface area contributed by atoms with E-state index in [1.165, 1.54) is 20.1 Å². The molecular weight excluding hydrogens is 290 g/mol. The summed E-state index contributed by atoms with van der Waals surface area (Å²) in [5.74, 6) is -1.73. The molecule has 1 heterocycles. The summed E-state index contributed by atoms with van der Waals surface area (Å²) in [5.41, 5.74) is 2.43. The number of ketones is 1. The van der Waals surface area contributed by atoms with E-state index in [4.69, 9.17) is 9.47 Å². The van der Waals surface area contributed by atoms with Crippen molar-refractivity contribution in [3.8, 4) is 22.6 Å². The minimum atomic E-state index is -1.03. The van der Waals surface area contributed by atoms with E-state index in [1.807, 2.05) is 6.07 Å². The molecule has 0 aromatic heterocycles. The molecule has 3 rings (SSSR count). The molecule has 1 aliphatic heterocycles. The summed E-state index contributed by atoms with van der Waals surface area (Å²) in [6.07, 6.45) is 0.685. The largest absolute Gasteiger partial charge is 0.494 e. The number of rotatable bonds is 3. The van der Waals surface area contributed by atoms with Gasteiger partial charge in [-0.15, -0.1) is 0 Å². The first-order chi connectivity index (χ1) is 10.5. The van der Waals surface area contributed by atoms with E-state index in [1.54, 1.807) is 6.07 Å². The van der Waals surface area contributed by atoms with Gasteiger partial charge in [-0.2, -0.15) is 4.39 Å². The van der Waals surface area contributed by atoms with Gasteiger partial charge in [0.15, 0.2) is 17.3 Å². The second kappa shape index (κ2) is 5.40. The first kappa shape index (κ1) is 14.5. The third-order valence-electron chi connectivity index (χ3n) is 3.71. The molecule has 0 saturated carbocycles. The van der Waals surface area contributed by atoms with E-state index in [0.29, 0.717) is 35.5 Å². The summed E-state index contributed by atoms with van der Waals surface area (Å²) in [7, 11) is 1.28. The highest BCUT2D eigenvalue weighted by molar-refractivity contribution is 5.99. The second-order valence-electron chi connectivity index (χ2n) is 5.14. The zero-order chi connectivity index (χ0) is 15.9. The molecule has 22 heavy (non-hydrogen) atoms. The maximum Gasteiger partial charge on any atom is 0.200 e. The summed E-state index contributed by atoms with van der Waals surface area (Å²) in [5, 5.41) is 0. The van der Waals surface area contributed by atoms with Crippen LogP contribution in [-0.2, 0) is 6.42 Å². The molecule has 5 heteroatoms. The molecule has 0 bridgehead atoms. The van der Waals surface area contributed by atoms with E-state index < -0.39 is 11.6 Å². The Hall–Kier alpha value is -2.43. The topological polar surface area (TPSA) is 35.5 Å². The molecule has 0 saturated heterocycles. The quantitative estimate of drug-likeness (QED) is 0.810. The Labute approximate surface area is 126 Å². The highest BCUT2D eigenvalue weighted by Gasteiger charge is 2.21. The van der Waals surface area contributed by atoms with Gasteiger partial charge in [0.1, 0.15) is 5.75 Å². The van der Waals surface area contributed by atoms with Crippen molar-refractivity contribution in [3.05, 3.63) is 47.0 Å². The number of methoxy groups -OCH3 is 1. The molecule has 0 atom stereocenters. The number of Topliss-reactive ketones (excluding diaryl/α,β-unsaturated/α-hetero) is 1. The van der Waals surface area contributed by atoms with Crippen LogP contribution in [0, 0.1) is 11.6 Å². The fourth-order valence-electron chi connectivity index (χ4n) is 2.62. The van der Waals surface area contributed by atoms with Gasteiger partial charge >= 0.3 is 0 Å². The van der Waals surface area contributed by atoms with Crippen molar-refractivity contribution >= 4 is 5.78 Å². The molecule has 3 nitrogen and oxygen atoms in total. The Balaban J connectivity index is 2.19. The first-order valence-electron chi connectivity index (χ1n) is 6.85. The lowest BCUT2D eigenvalue weighted by Gasteiger charge is -2.11. The molecule has 2 aromatic carbocycles. The molecule has 0 unspecified atom stereocenters. The van der Waals surface area contributed by atoms with Crippen molar-refractivity contribution in [2.75, 3.05) is 13.7 Å². The standard InChI is InChI=1S/C17H14F2O3/c1-9(20)13-6-11(5-10-3-4-22-17(10)13)12-7-14(18)16(19)15(8-12)21-2/h5-8H,3-4H2,1-2H3. The van der Waals surface area contributed by atoms with Crippen molar-refractivity contribution in [1.82, 2.24) is 0 Å². The van der Waals surface area contributed by atoms with Crippen LogP contribution < -0.4 is 9.47 Å². The number of ether oxygens (including phenoxy) is 2. The van der Waals surface area contributed by atoms with Crippen LogP contribution in [0.4, 0.5) is 8.78 Å². The van der Waals surface area contributed by atoms with Gasteiger partial charge in [-0.1, -0.05) is 0 Å². The molecule has 0 spiro atoms. The maximum absolute atomic E-state index is 13.7. The molecular formula is C17H14F2O3. The van der Waals surface area contributed by atoms with E-state index in [-0.39, 0.29) is 11.5 Å². The van der Waals surface area contributed by atoms with Crippen molar-refractivity contribution in [2.24, 2.45) is 0 Å². The van der Waals surface area contributed by atoms with Crippen molar-refractivity contribution in [2.45, 2.75) is 13.3 Å². The van der Waals surface area contributed by atoms with Gasteiger partial charge in [-0.05, 0) is 47.9 Å². The van der Waals surface area contributed by atoms with E-state index >= 15 is 0 Å². The summed E-state index contributed by atoms with van der Waals surface area (Å²) in [6, 6.07) is 5.98. The summed E-state index contributed by atoms with van der Waals surface area (Å²) in [4.78, 5) is 11.8. The molecule has 2 aromatic rings. The Bertz CT molecular complexity index is 769. The highest BCUT2D eigenvalue weighted by atomic mass is 19.2. The zero-order valence-electron chi connectivity index (χ0n) is 12.2. The van der Waals surface area contributed by atoms with Crippen molar-refractivity contribution < 1.29 is 23.0 Å². The predicted octanol–water partition coefficient (Wildman–Crippen LogP) is 3.78. The van der Waals surface area contributed by atoms with Crippen LogP contribution in [0.15, 0.2) is 24.3 Å². The number of hydrogen-bond acceptors (Lipinski definition) is 3. The first-order valence-corrected chi connectivity index (χ1v) is 6.85. The number of benzene rings is 2. The molecule has 0 aliphatic carbocycles. The number of carbonyl (C=O) groups excluding carboxylic acids is 1. The lowest BCUT2D eigenvalue weighted by Crippen LogP contribution is -1.99. The van der Waals surface area contributed by atoms with Crippen LogP contribution in [0.3, 0.4) is 0 Å². The summed E-state index contributed by atoms with van der Waals surface area (Å²) >= 11 is 0. The molecule has 1 aliphatic rings. The van der Waals surface area contributed by atoms with Crippen LogP contribution in [0.2, 0.25) is 0 Å². The van der Waals surface area contributed by atoms with Gasteiger partial charge in [0.2, 0.25) is 5.82 Å². The summed E-state index contributed by atoms with van der Waals surface area (Å²) in [6.45, 7) is 1.97. The minimum Gasteiger partial charge on any atom is -0.494 e. The molecule has 0 fully saturated rings. The van der Waals surface area contributed by atoms with Crippen LogP contribution in [0.5, 0.6) is 11.5 Å². The van der Waals surface area contributed by atoms with Gasteiger partial charge in [0.25, 0.3) is 0 Å². The normalized spacial score (nSPS) is 12.7. The van der Waals surface area contributed by atoms with E-state index in [2.05, 4.69) is 0 Å². The number of fused-ring (bicyclic) bond motifs is 1. The van der Waals surface area contributed by atoms with Crippen LogP contribution in [-0.4, -0.2) is 19.5 Å². The Morgan fingerprint density at radius 1 is 1.18 bits per heavy atom. The van der Waals surface area contributed by atoms with Crippen LogP contribution >= 0.6 is 0 Å². The second-order valence-corrected chi connectivity index (χ2v) is 5.14. The number of hydrogen-bond donors (Lipinski definition) is 0. The highest BCUT2D eigenvalue weighted by Crippen LogP contribution is 2.36. The van der Waals surface area contributed by atoms with Gasteiger partial charge < -0.3 is 9.47 Å². The average Bonchev–Trinajstić information content (AvgIpc) is 2.96. The third-order valence-corrected chi connectivity index (χ3v) is 3.71. The van der Waals surface area contributed by atoms with Crippen LogP contribution in [0.25, 0.3) is 11.1 Å². The fraction of sp³-hybridized carbons (Fsp3) is 0.235. The van der Waals surface area contributed by atoms with Gasteiger partial charge in [0, 0.05) is 6.42 Å². The molecule has 0 N–H and O–H groups in total. The SMILES string of the molecule is COc1cc(-c2cc3c(c(C(C)=O)c2)OCC3)cc(F)c1F. The lowest BCUT2D eigenvalue weighted by molar-refractivity contribution is 0.101. The Morgan fingerprint density at radius 3 is 2.59 bits per heavy atom. The van der Waals surface area contributed by atoms with E-state index in [0.717, 1.165) is 11.6 Å². The third kappa shape index (κ3) is 2.32. The van der Waals surface area contributed by atoms with Gasteiger partial charge in [-0.3, -0.25) is 4.79 Å². The molecule has 0 amide bonds. The zero-order valence-corrected chi connectivity index (χ0v) is 12.2. The van der Waals surface area contributed by atoms with Gasteiger partial charge in [-0.25, -0.2) is 4.39 Å². The van der Waals surface area contributed by atoms with Crippen LogP contribution in [0.1, 0.15) is 22.8 Å². The maximum atomic E-state index is 13.7. The van der Waals surface area contributed by atoms with Gasteiger partial charge in [0.05, 0.1) is 19.3 Å². The minimum absolute atomic E-state index is 0.130. The number of halogens is 2. The smallest absolute Gasteiger partial charge is 0.200 e. The predicted molar refractivity (Wildman–Crippen MR) is 77.5 cm³/mol. The van der Waals surface area contributed by atoms with E-state index in [9.17, 15) is 13.6 Å². The van der Waals surface area contributed by atoms with Crippen molar-refractivity contribution in [3.63, 3.8) is 0 Å². The number of carbonyl (C=O) groups is 1. The fourth-order valence-corrected chi connectivity index (χ4v) is 2.62. The van der Waals surface area contributed by atoms with Crippen molar-refractivity contribution in [1.29, 1.82) is 0 Å². The summed E-state index contributed by atoms with van der Waals surface area (Å²) < 4.78 is 37.6. The molecule has 0 radical (unpaired) electrons. The Kier molecular flexibility index (Phi) is 3.56. The Morgan fingerprint density at radius 2 is 1.91 bits per heavy atom. The molecule has 114 valence electrons. The lowest BCUT2D eigenvalue weighted by atomic mass is 9.96. The monoisotopic (exact) mass is 304 g/mol.